The first-order valence-corrected chi connectivity index (χ1v) is 6.09. The number of hydrogen-bond acceptors (Lipinski definition) is 5. The maximum absolute atomic E-state index is 11.9. The van der Waals surface area contributed by atoms with Crippen LogP contribution in [-0.2, 0) is 4.79 Å². The molecule has 1 amide bonds. The second-order valence-electron chi connectivity index (χ2n) is 4.49. The van der Waals surface area contributed by atoms with Gasteiger partial charge >= 0.3 is 0 Å². The number of nitrogens with one attached hydrogen (secondary N) is 1. The van der Waals surface area contributed by atoms with Crippen LogP contribution in [0.25, 0.3) is 0 Å². The van der Waals surface area contributed by atoms with Crippen LogP contribution in [0.1, 0.15) is 5.56 Å². The molecule has 1 aliphatic heterocycles. The largest absolute Gasteiger partial charge is 0.399 e. The van der Waals surface area contributed by atoms with Gasteiger partial charge in [-0.3, -0.25) is 14.9 Å². The lowest BCUT2D eigenvalue weighted by Crippen LogP contribution is -2.13. The normalized spacial score (nSPS) is 14.9. The smallest absolute Gasteiger partial charge is 0.275 e. The molecule has 0 aliphatic carbocycles. The molecule has 0 saturated heterocycles. The molecule has 0 bridgehead atoms. The predicted octanol–water partition coefficient (Wildman–Crippen LogP) is 2.25. The number of amides is 1. The molecule has 0 aromatic heterocycles. The Hall–Kier alpha value is -3.22. The van der Waals surface area contributed by atoms with Crippen LogP contribution in [0, 0.1) is 10.1 Å². The fraction of sp³-hybridized carbons (Fsp3) is 0. The van der Waals surface area contributed by atoms with Crippen LogP contribution in [0.4, 0.5) is 22.7 Å². The first kappa shape index (κ1) is 12.8. The molecule has 3 N–H and O–H groups in total. The zero-order valence-corrected chi connectivity index (χ0v) is 10.7. The van der Waals surface area contributed by atoms with Gasteiger partial charge in [0.05, 0.1) is 16.3 Å². The van der Waals surface area contributed by atoms with E-state index in [1.54, 1.807) is 24.3 Å². The maximum Gasteiger partial charge on any atom is 0.275 e. The third-order valence-electron chi connectivity index (χ3n) is 3.07. The molecule has 7 heteroatoms. The van der Waals surface area contributed by atoms with Gasteiger partial charge < -0.3 is 11.1 Å². The highest BCUT2D eigenvalue weighted by Crippen LogP contribution is 2.29. The Kier molecular flexibility index (Phi) is 2.87. The van der Waals surface area contributed by atoms with E-state index in [0.29, 0.717) is 22.6 Å². The molecule has 0 radical (unpaired) electrons. The zero-order valence-electron chi connectivity index (χ0n) is 10.7. The van der Waals surface area contributed by atoms with Gasteiger partial charge in [0, 0.05) is 23.4 Å². The summed E-state index contributed by atoms with van der Waals surface area (Å²) in [7, 11) is 0. The van der Waals surface area contributed by atoms with E-state index in [-0.39, 0.29) is 17.3 Å². The van der Waals surface area contributed by atoms with Crippen molar-refractivity contribution in [3.8, 4) is 0 Å². The third-order valence-corrected chi connectivity index (χ3v) is 3.07. The molecule has 1 aliphatic rings. The fourth-order valence-corrected chi connectivity index (χ4v) is 2.04. The Balaban J connectivity index is 2.09. The van der Waals surface area contributed by atoms with Crippen molar-refractivity contribution in [2.45, 2.75) is 0 Å². The number of nitro benzene ring substituents is 1. The van der Waals surface area contributed by atoms with E-state index in [1.165, 1.54) is 18.2 Å². The Bertz CT molecular complexity index is 781. The molecule has 0 spiro atoms. The van der Waals surface area contributed by atoms with E-state index in [4.69, 9.17) is 5.73 Å². The number of nitrogen functional groups attached to an aromatic ring is 1. The Morgan fingerprint density at radius 3 is 2.52 bits per heavy atom. The highest BCUT2D eigenvalue weighted by Gasteiger charge is 2.28. The summed E-state index contributed by atoms with van der Waals surface area (Å²) in [6.45, 7) is 0. The lowest BCUT2D eigenvalue weighted by molar-refractivity contribution is -0.384. The van der Waals surface area contributed by atoms with Crippen LogP contribution >= 0.6 is 0 Å². The number of aliphatic imine (C=N–C) groups is 1. The van der Waals surface area contributed by atoms with Gasteiger partial charge in [-0.15, -0.1) is 0 Å². The van der Waals surface area contributed by atoms with Crippen molar-refractivity contribution < 1.29 is 9.72 Å². The van der Waals surface area contributed by atoms with Crippen LogP contribution in [0.5, 0.6) is 0 Å². The molecular formula is C14H10N4O3. The summed E-state index contributed by atoms with van der Waals surface area (Å²) in [6, 6.07) is 10.8. The van der Waals surface area contributed by atoms with Gasteiger partial charge in [0.15, 0.2) is 0 Å². The SMILES string of the molecule is Nc1ccc(N=C2C(=O)Nc3ccc([N+](=O)[O-])cc32)cc1. The highest BCUT2D eigenvalue weighted by molar-refractivity contribution is 6.54. The van der Waals surface area contributed by atoms with E-state index in [9.17, 15) is 14.9 Å². The summed E-state index contributed by atoms with van der Waals surface area (Å²) < 4.78 is 0. The molecule has 3 rings (SSSR count). The molecule has 0 atom stereocenters. The fourth-order valence-electron chi connectivity index (χ4n) is 2.04. The summed E-state index contributed by atoms with van der Waals surface area (Å²) in [4.78, 5) is 26.5. The first-order chi connectivity index (χ1) is 10.0. The van der Waals surface area contributed by atoms with Gasteiger partial charge in [-0.1, -0.05) is 0 Å². The van der Waals surface area contributed by atoms with Crippen LogP contribution in [-0.4, -0.2) is 16.5 Å². The van der Waals surface area contributed by atoms with Crippen molar-refractivity contribution in [2.24, 2.45) is 4.99 Å². The second kappa shape index (κ2) is 4.71. The van der Waals surface area contributed by atoms with E-state index < -0.39 is 4.92 Å². The summed E-state index contributed by atoms with van der Waals surface area (Å²) >= 11 is 0. The van der Waals surface area contributed by atoms with Gasteiger partial charge in [-0.25, -0.2) is 4.99 Å². The van der Waals surface area contributed by atoms with Crippen molar-refractivity contribution in [3.63, 3.8) is 0 Å². The lowest BCUT2D eigenvalue weighted by Gasteiger charge is -1.99. The minimum absolute atomic E-state index is 0.0877. The standard InChI is InChI=1S/C14H10N4O3/c15-8-1-3-9(4-2-8)16-13-11-7-10(18(20)21)5-6-12(11)17-14(13)19/h1-7H,15H2,(H,16,17,19). The number of carbonyl (C=O) groups excluding carboxylic acids is 1. The Morgan fingerprint density at radius 1 is 1.14 bits per heavy atom. The number of rotatable bonds is 2. The molecule has 104 valence electrons. The van der Waals surface area contributed by atoms with E-state index in [2.05, 4.69) is 10.3 Å². The molecule has 2 aromatic carbocycles. The van der Waals surface area contributed by atoms with Gasteiger partial charge in [0.2, 0.25) is 0 Å². The topological polar surface area (TPSA) is 111 Å². The van der Waals surface area contributed by atoms with E-state index in [1.807, 2.05) is 0 Å². The van der Waals surface area contributed by atoms with Crippen molar-refractivity contribution in [1.29, 1.82) is 0 Å². The molecule has 7 nitrogen and oxygen atoms in total. The molecule has 0 unspecified atom stereocenters. The van der Waals surface area contributed by atoms with Crippen LogP contribution in [0.15, 0.2) is 47.5 Å². The number of nitrogens with two attached hydrogens (primary N) is 1. The van der Waals surface area contributed by atoms with Gasteiger partial charge in [0.25, 0.3) is 11.6 Å². The summed E-state index contributed by atoms with van der Waals surface area (Å²) in [5.74, 6) is -0.387. The predicted molar refractivity (Wildman–Crippen MR) is 78.8 cm³/mol. The lowest BCUT2D eigenvalue weighted by atomic mass is 10.1. The van der Waals surface area contributed by atoms with Crippen molar-refractivity contribution in [2.75, 3.05) is 11.1 Å². The molecule has 1 heterocycles. The molecule has 2 aromatic rings. The maximum atomic E-state index is 11.9. The van der Waals surface area contributed by atoms with Crippen molar-refractivity contribution in [3.05, 3.63) is 58.1 Å². The summed E-state index contributed by atoms with van der Waals surface area (Å²) in [5, 5.41) is 13.5. The quantitative estimate of drug-likeness (QED) is 0.500. The van der Waals surface area contributed by atoms with Crippen LogP contribution in [0.3, 0.4) is 0 Å². The zero-order chi connectivity index (χ0) is 15.0. The molecule has 21 heavy (non-hydrogen) atoms. The number of hydrogen-bond donors (Lipinski definition) is 2. The highest BCUT2D eigenvalue weighted by atomic mass is 16.6. The van der Waals surface area contributed by atoms with Crippen molar-refractivity contribution >= 4 is 34.4 Å². The summed E-state index contributed by atoms with van der Waals surface area (Å²) in [5.41, 5.74) is 7.73. The number of fused-ring (bicyclic) bond motifs is 1. The van der Waals surface area contributed by atoms with Gasteiger partial charge in [-0.05, 0) is 30.3 Å². The van der Waals surface area contributed by atoms with E-state index >= 15 is 0 Å². The second-order valence-corrected chi connectivity index (χ2v) is 4.49. The molecule has 0 saturated carbocycles. The number of nitro groups is 1. The van der Waals surface area contributed by atoms with Crippen LogP contribution in [0.2, 0.25) is 0 Å². The summed E-state index contributed by atoms with van der Waals surface area (Å²) in [6.07, 6.45) is 0. The number of non-ortho nitro benzene ring substituents is 1. The van der Waals surface area contributed by atoms with Crippen LogP contribution < -0.4 is 11.1 Å². The number of anilines is 2. The third kappa shape index (κ3) is 2.32. The van der Waals surface area contributed by atoms with Crippen molar-refractivity contribution in [1.82, 2.24) is 0 Å². The minimum atomic E-state index is -0.510. The van der Waals surface area contributed by atoms with E-state index in [0.717, 1.165) is 0 Å². The number of benzene rings is 2. The minimum Gasteiger partial charge on any atom is -0.399 e. The average molecular weight is 282 g/mol. The Morgan fingerprint density at radius 2 is 1.86 bits per heavy atom. The first-order valence-electron chi connectivity index (χ1n) is 6.09. The molecular weight excluding hydrogens is 272 g/mol. The van der Waals surface area contributed by atoms with Gasteiger partial charge in [-0.2, -0.15) is 0 Å². The molecule has 0 fully saturated rings. The average Bonchev–Trinajstić information content (AvgIpc) is 2.77. The monoisotopic (exact) mass is 282 g/mol. The number of carbonyl (C=O) groups is 1. The Labute approximate surface area is 119 Å². The number of nitrogens with zero attached hydrogens (tertiary/aromatic N) is 2. The van der Waals surface area contributed by atoms with Gasteiger partial charge in [0.1, 0.15) is 5.71 Å².